The molecule has 296 valence electrons. The van der Waals surface area contributed by atoms with Crippen molar-refractivity contribution in [2.75, 3.05) is 0 Å². The lowest BCUT2D eigenvalue weighted by molar-refractivity contribution is 0.360. The van der Waals surface area contributed by atoms with Gasteiger partial charge in [0.2, 0.25) is 0 Å². The Labute approximate surface area is 367 Å². The fourth-order valence-electron chi connectivity index (χ4n) is 9.69. The molecule has 1 aromatic heterocycles. The van der Waals surface area contributed by atoms with Crippen LogP contribution in [0.25, 0.3) is 67.0 Å². The van der Waals surface area contributed by atoms with Crippen LogP contribution in [0.4, 0.5) is 0 Å². The Morgan fingerprint density at radius 2 is 0.810 bits per heavy atom. The van der Waals surface area contributed by atoms with Crippen molar-refractivity contribution in [3.8, 4) is 90.0 Å². The molecule has 2 heterocycles. The molecule has 0 saturated heterocycles. The monoisotopic (exact) mass is 805 g/mol. The fourth-order valence-corrected chi connectivity index (χ4v) is 9.69. The van der Waals surface area contributed by atoms with Gasteiger partial charge in [0.1, 0.15) is 0 Å². The van der Waals surface area contributed by atoms with Gasteiger partial charge in [-0.3, -0.25) is 0 Å². The second-order valence-corrected chi connectivity index (χ2v) is 16.2. The summed E-state index contributed by atoms with van der Waals surface area (Å²) in [6.07, 6.45) is 0. The second kappa shape index (κ2) is 15.0. The van der Waals surface area contributed by atoms with Gasteiger partial charge in [-0.15, -0.1) is 0 Å². The lowest BCUT2D eigenvalue weighted by Gasteiger charge is -2.34. The first-order valence-corrected chi connectivity index (χ1v) is 21.4. The zero-order valence-corrected chi connectivity index (χ0v) is 34.3. The van der Waals surface area contributed by atoms with Crippen molar-refractivity contribution in [1.29, 1.82) is 0 Å². The topological polar surface area (TPSA) is 31.4 Å². The van der Waals surface area contributed by atoms with Gasteiger partial charge in [-0.05, 0) is 97.6 Å². The first-order valence-electron chi connectivity index (χ1n) is 21.4. The highest BCUT2D eigenvalue weighted by Crippen LogP contribution is 2.62. The van der Waals surface area contributed by atoms with E-state index in [0.29, 0.717) is 17.2 Å². The Kier molecular flexibility index (Phi) is 8.72. The molecule has 0 atom stereocenters. The molecule has 10 aromatic rings. The van der Waals surface area contributed by atoms with Crippen LogP contribution in [0.1, 0.15) is 22.3 Å². The highest BCUT2D eigenvalue weighted by Gasteiger charge is 2.48. The SMILES string of the molecule is c1ccc(-c2cccc(-c3cc(-c4ccc(-c5ccc6c(c5)Oc5c(ccc7c5-c5ccccc5C7(c5ccccc5)c5ccccc5)O6)cc4)cc(-c4ccccc4)n3)c2)cc1. The molecule has 1 aliphatic carbocycles. The molecule has 0 N–H and O–H groups in total. The number of fused-ring (bicyclic) bond motifs is 6. The van der Waals surface area contributed by atoms with Gasteiger partial charge < -0.3 is 9.47 Å². The van der Waals surface area contributed by atoms with E-state index in [2.05, 4.69) is 224 Å². The highest BCUT2D eigenvalue weighted by atomic mass is 16.6. The van der Waals surface area contributed by atoms with Crippen molar-refractivity contribution in [2.45, 2.75) is 5.41 Å². The van der Waals surface area contributed by atoms with E-state index in [0.717, 1.165) is 67.2 Å². The lowest BCUT2D eigenvalue weighted by Crippen LogP contribution is -2.28. The van der Waals surface area contributed by atoms with E-state index in [9.17, 15) is 0 Å². The van der Waals surface area contributed by atoms with Crippen molar-refractivity contribution >= 4 is 0 Å². The molecule has 3 nitrogen and oxygen atoms in total. The van der Waals surface area contributed by atoms with Gasteiger partial charge in [0, 0.05) is 16.7 Å². The smallest absolute Gasteiger partial charge is 0.178 e. The zero-order valence-electron chi connectivity index (χ0n) is 34.3. The van der Waals surface area contributed by atoms with Gasteiger partial charge in [-0.1, -0.05) is 200 Å². The number of nitrogens with zero attached hydrogens (tertiary/aromatic N) is 1. The third-order valence-corrected chi connectivity index (χ3v) is 12.6. The van der Waals surface area contributed by atoms with Crippen molar-refractivity contribution in [1.82, 2.24) is 4.98 Å². The molecular formula is C60H39NO2. The van der Waals surface area contributed by atoms with Crippen molar-refractivity contribution in [3.63, 3.8) is 0 Å². The molecule has 1 aliphatic heterocycles. The summed E-state index contributed by atoms with van der Waals surface area (Å²) in [7, 11) is 0. The maximum atomic E-state index is 7.01. The number of pyridine rings is 1. The number of benzene rings is 9. The van der Waals surface area contributed by atoms with Gasteiger partial charge in [-0.25, -0.2) is 4.98 Å². The summed E-state index contributed by atoms with van der Waals surface area (Å²) in [5, 5.41) is 0. The molecule has 3 heteroatoms. The largest absolute Gasteiger partial charge is 0.449 e. The maximum Gasteiger partial charge on any atom is 0.178 e. The van der Waals surface area contributed by atoms with Crippen molar-refractivity contribution in [2.24, 2.45) is 0 Å². The fraction of sp³-hybridized carbons (Fsp3) is 0.0167. The van der Waals surface area contributed by atoms with Crippen molar-refractivity contribution in [3.05, 3.63) is 259 Å². The van der Waals surface area contributed by atoms with Gasteiger partial charge in [0.15, 0.2) is 23.0 Å². The summed E-state index contributed by atoms with van der Waals surface area (Å²) in [6, 6.07) is 83.7. The van der Waals surface area contributed by atoms with E-state index in [1.54, 1.807) is 0 Å². The van der Waals surface area contributed by atoms with Crippen LogP contribution in [-0.4, -0.2) is 4.98 Å². The number of ether oxygens (including phenoxy) is 2. The van der Waals surface area contributed by atoms with E-state index >= 15 is 0 Å². The molecule has 63 heavy (non-hydrogen) atoms. The van der Waals surface area contributed by atoms with Crippen LogP contribution in [0.2, 0.25) is 0 Å². The number of hydrogen-bond donors (Lipinski definition) is 0. The third kappa shape index (κ3) is 6.16. The number of aromatic nitrogens is 1. The Bertz CT molecular complexity index is 3270. The molecule has 0 saturated carbocycles. The Morgan fingerprint density at radius 1 is 0.302 bits per heavy atom. The minimum absolute atomic E-state index is 0.527. The Hall–Kier alpha value is -8.27. The average Bonchev–Trinajstić information content (AvgIpc) is 3.68. The van der Waals surface area contributed by atoms with Gasteiger partial charge in [0.25, 0.3) is 0 Å². The molecule has 9 aromatic carbocycles. The van der Waals surface area contributed by atoms with E-state index in [-0.39, 0.29) is 0 Å². The summed E-state index contributed by atoms with van der Waals surface area (Å²) in [6.45, 7) is 0. The van der Waals surface area contributed by atoms with Crippen LogP contribution in [0.15, 0.2) is 237 Å². The van der Waals surface area contributed by atoms with E-state index in [4.69, 9.17) is 14.5 Å². The van der Waals surface area contributed by atoms with Gasteiger partial charge in [-0.2, -0.15) is 0 Å². The van der Waals surface area contributed by atoms with Gasteiger partial charge in [0.05, 0.1) is 16.8 Å². The van der Waals surface area contributed by atoms with Crippen molar-refractivity contribution < 1.29 is 9.47 Å². The Balaban J connectivity index is 0.910. The number of hydrogen-bond acceptors (Lipinski definition) is 3. The Morgan fingerprint density at radius 3 is 1.51 bits per heavy atom. The molecule has 0 radical (unpaired) electrons. The second-order valence-electron chi connectivity index (χ2n) is 16.2. The van der Waals surface area contributed by atoms with E-state index in [1.165, 1.54) is 27.8 Å². The summed E-state index contributed by atoms with van der Waals surface area (Å²) in [5.74, 6) is 2.84. The van der Waals surface area contributed by atoms with Crippen LogP contribution in [0, 0.1) is 0 Å². The minimum atomic E-state index is -0.527. The predicted octanol–water partition coefficient (Wildman–Crippen LogP) is 15.7. The van der Waals surface area contributed by atoms with Crippen LogP contribution < -0.4 is 9.47 Å². The average molecular weight is 806 g/mol. The zero-order chi connectivity index (χ0) is 41.7. The number of rotatable bonds is 7. The third-order valence-electron chi connectivity index (χ3n) is 12.6. The van der Waals surface area contributed by atoms with Gasteiger partial charge >= 0.3 is 0 Å². The summed E-state index contributed by atoms with van der Waals surface area (Å²) < 4.78 is 13.7. The molecule has 0 amide bonds. The standard InChI is InChI=1S/C60H39NO2/c1-5-16-40(17-6-1)44-20-15-21-46(36-44)54-38-47(37-53(61-54)43-18-7-2-8-19-43)42-30-28-41(29-31-42)45-32-34-55-57(39-45)63-59-56(62-55)35-33-52-58(59)50-26-13-14-27-51(50)60(52,48-22-9-3-10-23-48)49-24-11-4-12-25-49/h1-39H. The summed E-state index contributed by atoms with van der Waals surface area (Å²) in [4.78, 5) is 5.20. The molecule has 0 spiro atoms. The predicted molar refractivity (Wildman–Crippen MR) is 255 cm³/mol. The molecule has 0 fully saturated rings. The first kappa shape index (κ1) is 36.6. The summed E-state index contributed by atoms with van der Waals surface area (Å²) >= 11 is 0. The normalized spacial score (nSPS) is 12.8. The van der Waals surface area contributed by atoms with Crippen LogP contribution >= 0.6 is 0 Å². The van der Waals surface area contributed by atoms with Crippen LogP contribution in [-0.2, 0) is 5.41 Å². The van der Waals surface area contributed by atoms with E-state index < -0.39 is 5.41 Å². The van der Waals surface area contributed by atoms with E-state index in [1.807, 2.05) is 12.1 Å². The summed E-state index contributed by atoms with van der Waals surface area (Å²) in [5.41, 5.74) is 17.2. The molecular weight excluding hydrogens is 767 g/mol. The minimum Gasteiger partial charge on any atom is -0.449 e. The highest BCUT2D eigenvalue weighted by molar-refractivity contribution is 5.92. The molecule has 2 aliphatic rings. The quantitative estimate of drug-likeness (QED) is 0.161. The van der Waals surface area contributed by atoms with Crippen LogP contribution in [0.5, 0.6) is 23.0 Å². The molecule has 12 rings (SSSR count). The first-order chi connectivity index (χ1) is 31.2. The molecule has 0 bridgehead atoms. The van der Waals surface area contributed by atoms with Crippen LogP contribution in [0.3, 0.4) is 0 Å². The lowest BCUT2D eigenvalue weighted by atomic mass is 9.68. The maximum absolute atomic E-state index is 7.01. The molecule has 0 unspecified atom stereocenters.